The quantitative estimate of drug-likeness (QED) is 0.672. The van der Waals surface area contributed by atoms with Crippen LogP contribution in [-0.2, 0) is 5.41 Å². The third-order valence-corrected chi connectivity index (χ3v) is 4.48. The van der Waals surface area contributed by atoms with Crippen molar-refractivity contribution in [1.29, 1.82) is 0 Å². The highest BCUT2D eigenvalue weighted by molar-refractivity contribution is 6.41. The molecule has 1 saturated carbocycles. The molecular formula is C17H24B2. The number of rotatable bonds is 1. The first kappa shape index (κ1) is 14.8. The predicted molar refractivity (Wildman–Crippen MR) is 86.5 cm³/mol. The Morgan fingerprint density at radius 2 is 1.58 bits per heavy atom. The SMILES string of the molecule is [B]c1c(C)cc(C(C)(C)C)c([B])c1C1CCCCC1. The van der Waals surface area contributed by atoms with E-state index >= 15 is 0 Å². The Morgan fingerprint density at radius 3 is 2.11 bits per heavy atom. The van der Waals surface area contributed by atoms with Gasteiger partial charge >= 0.3 is 0 Å². The van der Waals surface area contributed by atoms with Crippen LogP contribution in [0.25, 0.3) is 0 Å². The molecule has 0 atom stereocenters. The van der Waals surface area contributed by atoms with E-state index in [1.165, 1.54) is 48.8 Å². The zero-order valence-electron chi connectivity index (χ0n) is 12.8. The van der Waals surface area contributed by atoms with E-state index < -0.39 is 0 Å². The molecule has 0 N–H and O–H groups in total. The highest BCUT2D eigenvalue weighted by Gasteiger charge is 2.24. The molecule has 1 aromatic carbocycles. The van der Waals surface area contributed by atoms with Crippen LogP contribution >= 0.6 is 0 Å². The average molecular weight is 250 g/mol. The Kier molecular flexibility index (Phi) is 4.18. The molecule has 0 nitrogen and oxygen atoms in total. The number of hydrogen-bond acceptors (Lipinski definition) is 0. The van der Waals surface area contributed by atoms with Crippen molar-refractivity contribution in [3.8, 4) is 0 Å². The summed E-state index contributed by atoms with van der Waals surface area (Å²) in [6.45, 7) is 8.77. The lowest BCUT2D eigenvalue weighted by atomic mass is 9.65. The van der Waals surface area contributed by atoms with Gasteiger partial charge in [0.1, 0.15) is 15.7 Å². The monoisotopic (exact) mass is 250 g/mol. The fourth-order valence-electron chi connectivity index (χ4n) is 3.33. The second-order valence-electron chi connectivity index (χ2n) is 7.07. The maximum absolute atomic E-state index is 6.49. The van der Waals surface area contributed by atoms with Gasteiger partial charge in [-0.25, -0.2) is 0 Å². The Bertz CT molecular complexity index is 463. The Hall–Kier alpha value is -0.650. The lowest BCUT2D eigenvalue weighted by Crippen LogP contribution is -2.35. The largest absolute Gasteiger partial charge is 0.114 e. The smallest absolute Gasteiger partial charge is 0.0910 e. The highest BCUT2D eigenvalue weighted by Crippen LogP contribution is 2.32. The van der Waals surface area contributed by atoms with Crippen LogP contribution in [0.2, 0.25) is 0 Å². The van der Waals surface area contributed by atoms with Gasteiger partial charge in [0.15, 0.2) is 0 Å². The Morgan fingerprint density at radius 1 is 1.00 bits per heavy atom. The minimum absolute atomic E-state index is 0.0754. The summed E-state index contributed by atoms with van der Waals surface area (Å²) < 4.78 is 0. The zero-order valence-corrected chi connectivity index (χ0v) is 12.8. The third-order valence-electron chi connectivity index (χ3n) is 4.48. The van der Waals surface area contributed by atoms with E-state index in [4.69, 9.17) is 15.7 Å². The molecular weight excluding hydrogens is 226 g/mol. The second-order valence-corrected chi connectivity index (χ2v) is 7.07. The summed E-state index contributed by atoms with van der Waals surface area (Å²) in [7, 11) is 12.8. The van der Waals surface area contributed by atoms with Gasteiger partial charge in [0.2, 0.25) is 0 Å². The topological polar surface area (TPSA) is 0 Å². The van der Waals surface area contributed by atoms with Gasteiger partial charge in [-0.2, -0.15) is 0 Å². The van der Waals surface area contributed by atoms with Crippen LogP contribution in [0.5, 0.6) is 0 Å². The lowest BCUT2D eigenvalue weighted by molar-refractivity contribution is 0.445. The number of hydrogen-bond donors (Lipinski definition) is 0. The van der Waals surface area contributed by atoms with E-state index in [2.05, 4.69) is 33.8 Å². The first-order chi connectivity index (χ1) is 8.82. The van der Waals surface area contributed by atoms with Crippen molar-refractivity contribution in [3.05, 3.63) is 22.8 Å². The molecule has 2 heteroatoms. The van der Waals surface area contributed by atoms with Crippen molar-refractivity contribution in [3.63, 3.8) is 0 Å². The van der Waals surface area contributed by atoms with Gasteiger partial charge < -0.3 is 0 Å². The van der Waals surface area contributed by atoms with Crippen molar-refractivity contribution in [2.45, 2.75) is 71.1 Å². The van der Waals surface area contributed by atoms with Crippen LogP contribution in [0, 0.1) is 6.92 Å². The van der Waals surface area contributed by atoms with Gasteiger partial charge in [-0.15, -0.1) is 0 Å². The molecule has 0 bridgehead atoms. The van der Waals surface area contributed by atoms with Crippen molar-refractivity contribution in [2.24, 2.45) is 0 Å². The van der Waals surface area contributed by atoms with E-state index in [-0.39, 0.29) is 5.41 Å². The van der Waals surface area contributed by atoms with E-state index in [0.717, 1.165) is 10.9 Å². The summed E-state index contributed by atoms with van der Waals surface area (Å²) >= 11 is 0. The van der Waals surface area contributed by atoms with Crippen LogP contribution in [-0.4, -0.2) is 15.7 Å². The molecule has 0 unspecified atom stereocenters. The molecule has 1 aromatic rings. The number of aryl methyl sites for hydroxylation is 1. The van der Waals surface area contributed by atoms with Gasteiger partial charge in [-0.3, -0.25) is 0 Å². The molecule has 0 heterocycles. The first-order valence-corrected chi connectivity index (χ1v) is 7.51. The molecule has 1 aliphatic carbocycles. The average Bonchev–Trinajstić information content (AvgIpc) is 2.34. The summed E-state index contributed by atoms with van der Waals surface area (Å²) in [6, 6.07) is 2.18. The van der Waals surface area contributed by atoms with Gasteiger partial charge in [-0.1, -0.05) is 68.2 Å². The molecule has 4 radical (unpaired) electrons. The molecule has 0 amide bonds. The molecule has 0 saturated heterocycles. The summed E-state index contributed by atoms with van der Waals surface area (Å²) in [6.07, 6.45) is 6.45. The van der Waals surface area contributed by atoms with Gasteiger partial charge in [0.25, 0.3) is 0 Å². The summed E-state index contributed by atoms with van der Waals surface area (Å²) in [5.41, 5.74) is 5.62. The summed E-state index contributed by atoms with van der Waals surface area (Å²) in [5.74, 6) is 0.565. The van der Waals surface area contributed by atoms with Crippen molar-refractivity contribution >= 4 is 26.6 Å². The van der Waals surface area contributed by atoms with Crippen LogP contribution in [0.3, 0.4) is 0 Å². The van der Waals surface area contributed by atoms with E-state index in [1.54, 1.807) is 0 Å². The fraction of sp³-hybridized carbons (Fsp3) is 0.647. The highest BCUT2D eigenvalue weighted by atomic mass is 14.3. The maximum atomic E-state index is 6.49. The molecule has 0 spiro atoms. The van der Waals surface area contributed by atoms with Crippen molar-refractivity contribution in [1.82, 2.24) is 0 Å². The second kappa shape index (κ2) is 5.38. The molecule has 19 heavy (non-hydrogen) atoms. The Balaban J connectivity index is 2.55. The molecule has 0 aliphatic heterocycles. The third kappa shape index (κ3) is 2.93. The van der Waals surface area contributed by atoms with Crippen LogP contribution in [0.15, 0.2) is 6.07 Å². The fourth-order valence-corrected chi connectivity index (χ4v) is 3.33. The van der Waals surface area contributed by atoms with E-state index in [0.29, 0.717) is 5.92 Å². The normalized spacial score (nSPS) is 17.7. The van der Waals surface area contributed by atoms with Crippen LogP contribution in [0.4, 0.5) is 0 Å². The summed E-state index contributed by atoms with van der Waals surface area (Å²) in [5, 5.41) is 0. The van der Waals surface area contributed by atoms with E-state index in [9.17, 15) is 0 Å². The Labute approximate surface area is 121 Å². The van der Waals surface area contributed by atoms with Gasteiger partial charge in [0, 0.05) is 0 Å². The van der Waals surface area contributed by atoms with Crippen molar-refractivity contribution in [2.75, 3.05) is 0 Å². The first-order valence-electron chi connectivity index (χ1n) is 7.51. The zero-order chi connectivity index (χ0) is 14.2. The molecule has 0 aromatic heterocycles. The van der Waals surface area contributed by atoms with Crippen molar-refractivity contribution < 1.29 is 0 Å². The number of benzene rings is 1. The molecule has 98 valence electrons. The maximum Gasteiger partial charge on any atom is 0.114 e. The standard InChI is InChI=1S/C17H24B2/c1-11-10-13(17(2,3)4)16(19)14(15(11)18)12-8-6-5-7-9-12/h10,12H,5-9H2,1-4H3. The molecule has 1 aliphatic rings. The lowest BCUT2D eigenvalue weighted by Gasteiger charge is -2.32. The molecule has 1 fully saturated rings. The van der Waals surface area contributed by atoms with Gasteiger partial charge in [-0.05, 0) is 36.7 Å². The predicted octanol–water partition coefficient (Wildman–Crippen LogP) is 2.93. The van der Waals surface area contributed by atoms with Gasteiger partial charge in [0.05, 0.1) is 0 Å². The van der Waals surface area contributed by atoms with Crippen LogP contribution < -0.4 is 10.9 Å². The van der Waals surface area contributed by atoms with Crippen LogP contribution in [0.1, 0.15) is 75.5 Å². The molecule has 2 rings (SSSR count). The minimum atomic E-state index is 0.0754. The van der Waals surface area contributed by atoms with E-state index in [1.807, 2.05) is 0 Å². The summed E-state index contributed by atoms with van der Waals surface area (Å²) in [4.78, 5) is 0. The minimum Gasteiger partial charge on any atom is -0.0910 e.